The van der Waals surface area contributed by atoms with Crippen LogP contribution in [0.2, 0.25) is 0 Å². The molecular formula is C31H32N2O3. The molecule has 5 nitrogen and oxygen atoms in total. The Labute approximate surface area is 212 Å². The first-order valence-corrected chi connectivity index (χ1v) is 12.2. The Bertz CT molecular complexity index is 1310. The maximum Gasteiger partial charge on any atom is 0.242 e. The number of methoxy groups -OCH3 is 1. The van der Waals surface area contributed by atoms with E-state index in [4.69, 9.17) is 4.74 Å². The lowest BCUT2D eigenvalue weighted by Gasteiger charge is -2.31. The number of amides is 2. The molecule has 4 aromatic carbocycles. The molecule has 0 fully saturated rings. The molecule has 0 saturated carbocycles. The number of fused-ring (bicyclic) bond motifs is 1. The number of likely N-dealkylation sites (N-methyl/N-ethyl adjacent to an activating group) is 1. The lowest BCUT2D eigenvalue weighted by Crippen LogP contribution is -2.49. The summed E-state index contributed by atoms with van der Waals surface area (Å²) >= 11 is 0. The number of nitrogens with one attached hydrogen (secondary N) is 1. The van der Waals surface area contributed by atoms with Crippen LogP contribution >= 0.6 is 0 Å². The number of carbonyl (C=O) groups excluding carboxylic acids is 2. The summed E-state index contributed by atoms with van der Waals surface area (Å²) in [7, 11) is 3.24. The normalized spacial score (nSPS) is 11.6. The van der Waals surface area contributed by atoms with E-state index >= 15 is 0 Å². The maximum absolute atomic E-state index is 13.8. The van der Waals surface area contributed by atoms with Gasteiger partial charge >= 0.3 is 0 Å². The van der Waals surface area contributed by atoms with Crippen molar-refractivity contribution >= 4 is 22.6 Å². The summed E-state index contributed by atoms with van der Waals surface area (Å²) in [4.78, 5) is 28.6. The maximum atomic E-state index is 13.8. The summed E-state index contributed by atoms with van der Waals surface area (Å²) in [5, 5.41) is 5.08. The zero-order valence-corrected chi connectivity index (χ0v) is 20.8. The van der Waals surface area contributed by atoms with Crippen LogP contribution in [0.4, 0.5) is 0 Å². The molecular weight excluding hydrogens is 448 g/mol. The molecule has 0 unspecified atom stereocenters. The molecule has 36 heavy (non-hydrogen) atoms. The first-order chi connectivity index (χ1) is 17.6. The van der Waals surface area contributed by atoms with E-state index in [0.29, 0.717) is 25.8 Å². The fraction of sp³-hybridized carbons (Fsp3) is 0.226. The van der Waals surface area contributed by atoms with Gasteiger partial charge in [-0.05, 0) is 46.0 Å². The average Bonchev–Trinajstić information content (AvgIpc) is 2.93. The van der Waals surface area contributed by atoms with Crippen molar-refractivity contribution in [2.24, 2.45) is 0 Å². The largest absolute Gasteiger partial charge is 0.497 e. The molecule has 0 aliphatic carbocycles. The fourth-order valence-electron chi connectivity index (χ4n) is 4.58. The molecule has 0 aliphatic rings. The highest BCUT2D eigenvalue weighted by atomic mass is 16.5. The number of hydrogen-bond acceptors (Lipinski definition) is 3. The first kappa shape index (κ1) is 25.0. The van der Waals surface area contributed by atoms with Crippen molar-refractivity contribution in [2.45, 2.75) is 31.8 Å². The van der Waals surface area contributed by atoms with Crippen LogP contribution in [0.15, 0.2) is 97.1 Å². The van der Waals surface area contributed by atoms with Gasteiger partial charge in [-0.25, -0.2) is 0 Å². The van der Waals surface area contributed by atoms with Gasteiger partial charge in [0.15, 0.2) is 0 Å². The van der Waals surface area contributed by atoms with Gasteiger partial charge in [-0.1, -0.05) is 84.9 Å². The van der Waals surface area contributed by atoms with E-state index in [1.165, 1.54) is 0 Å². The highest BCUT2D eigenvalue weighted by molar-refractivity contribution is 5.89. The zero-order chi connectivity index (χ0) is 25.3. The lowest BCUT2D eigenvalue weighted by molar-refractivity contribution is -0.141. The molecule has 4 rings (SSSR count). The van der Waals surface area contributed by atoms with Crippen LogP contribution in [-0.2, 0) is 29.0 Å². The smallest absolute Gasteiger partial charge is 0.242 e. The Hall–Kier alpha value is -4.12. The quantitative estimate of drug-likeness (QED) is 0.341. The monoisotopic (exact) mass is 480 g/mol. The molecule has 0 bridgehead atoms. The Morgan fingerprint density at radius 1 is 0.861 bits per heavy atom. The number of hydrogen-bond donors (Lipinski definition) is 1. The molecule has 0 saturated heterocycles. The molecule has 2 amide bonds. The summed E-state index contributed by atoms with van der Waals surface area (Å²) in [5.41, 5.74) is 3.04. The van der Waals surface area contributed by atoms with E-state index < -0.39 is 6.04 Å². The van der Waals surface area contributed by atoms with Crippen molar-refractivity contribution in [2.75, 3.05) is 14.2 Å². The number of benzene rings is 4. The van der Waals surface area contributed by atoms with Crippen molar-refractivity contribution in [3.05, 3.63) is 114 Å². The Morgan fingerprint density at radius 2 is 1.56 bits per heavy atom. The number of nitrogens with zero attached hydrogens (tertiary/aromatic N) is 1. The predicted octanol–water partition coefficient (Wildman–Crippen LogP) is 5.17. The molecule has 1 N–H and O–H groups in total. The minimum Gasteiger partial charge on any atom is -0.497 e. The van der Waals surface area contributed by atoms with Gasteiger partial charge in [0, 0.05) is 26.4 Å². The van der Waals surface area contributed by atoms with E-state index in [0.717, 1.165) is 33.2 Å². The highest BCUT2D eigenvalue weighted by Gasteiger charge is 2.29. The highest BCUT2D eigenvalue weighted by Crippen LogP contribution is 2.22. The minimum absolute atomic E-state index is 0.0599. The van der Waals surface area contributed by atoms with Gasteiger partial charge in [0.05, 0.1) is 7.11 Å². The van der Waals surface area contributed by atoms with Gasteiger partial charge in [0.1, 0.15) is 11.8 Å². The van der Waals surface area contributed by atoms with Crippen molar-refractivity contribution in [1.82, 2.24) is 10.2 Å². The van der Waals surface area contributed by atoms with Crippen LogP contribution in [0.1, 0.15) is 23.1 Å². The van der Waals surface area contributed by atoms with Crippen LogP contribution in [-0.4, -0.2) is 36.9 Å². The number of ether oxygens (including phenoxy) is 1. The molecule has 4 aromatic rings. The standard InChI is InChI=1S/C31H32N2O3/c1-32-31(35)29(21-23-10-4-3-5-11-23)33(22-24-12-8-16-27(20-24)36-2)30(34)19-18-26-15-9-14-25-13-6-7-17-28(25)26/h3-17,20,29H,18-19,21-22H2,1-2H3,(H,32,35)/t29-/m0/s1. The minimum atomic E-state index is -0.636. The second kappa shape index (κ2) is 12.0. The second-order valence-corrected chi connectivity index (χ2v) is 8.83. The third kappa shape index (κ3) is 6.11. The topological polar surface area (TPSA) is 58.6 Å². The molecule has 5 heteroatoms. The van der Waals surface area contributed by atoms with E-state index in [2.05, 4.69) is 29.6 Å². The summed E-state index contributed by atoms with van der Waals surface area (Å²) in [6.07, 6.45) is 1.34. The Morgan fingerprint density at radius 3 is 2.33 bits per heavy atom. The van der Waals surface area contributed by atoms with Crippen molar-refractivity contribution in [1.29, 1.82) is 0 Å². The van der Waals surface area contributed by atoms with Crippen LogP contribution in [0, 0.1) is 0 Å². The summed E-state index contributed by atoms with van der Waals surface area (Å²) < 4.78 is 5.39. The van der Waals surface area contributed by atoms with E-state index in [9.17, 15) is 9.59 Å². The summed E-state index contributed by atoms with van der Waals surface area (Å²) in [6, 6.07) is 31.2. The molecule has 0 aromatic heterocycles. The van der Waals surface area contributed by atoms with Crippen LogP contribution in [0.5, 0.6) is 5.75 Å². The number of rotatable bonds is 10. The Balaban J connectivity index is 1.63. The molecule has 184 valence electrons. The van der Waals surface area contributed by atoms with Gasteiger partial charge in [0.2, 0.25) is 11.8 Å². The third-order valence-corrected chi connectivity index (χ3v) is 6.49. The molecule has 0 aliphatic heterocycles. The lowest BCUT2D eigenvalue weighted by atomic mass is 9.99. The SMILES string of the molecule is CNC(=O)[C@H](Cc1ccccc1)N(Cc1cccc(OC)c1)C(=O)CCc1cccc2ccccc12. The van der Waals surface area contributed by atoms with Gasteiger partial charge < -0.3 is 15.0 Å². The number of carbonyl (C=O) groups is 2. The van der Waals surface area contributed by atoms with Gasteiger partial charge in [-0.15, -0.1) is 0 Å². The van der Waals surface area contributed by atoms with Crippen molar-refractivity contribution < 1.29 is 14.3 Å². The molecule has 0 spiro atoms. The Kier molecular flexibility index (Phi) is 8.35. The van der Waals surface area contributed by atoms with Gasteiger partial charge in [-0.3, -0.25) is 9.59 Å². The van der Waals surface area contributed by atoms with Crippen molar-refractivity contribution in [3.63, 3.8) is 0 Å². The number of aryl methyl sites for hydroxylation is 1. The van der Waals surface area contributed by atoms with Crippen molar-refractivity contribution in [3.8, 4) is 5.75 Å². The van der Waals surface area contributed by atoms with E-state index in [1.807, 2.05) is 72.8 Å². The van der Waals surface area contributed by atoms with E-state index in [-0.39, 0.29) is 11.8 Å². The predicted molar refractivity (Wildman–Crippen MR) is 144 cm³/mol. The second-order valence-electron chi connectivity index (χ2n) is 8.83. The zero-order valence-electron chi connectivity index (χ0n) is 20.8. The van der Waals surface area contributed by atoms with Gasteiger partial charge in [0.25, 0.3) is 0 Å². The van der Waals surface area contributed by atoms with E-state index in [1.54, 1.807) is 19.1 Å². The van der Waals surface area contributed by atoms with Gasteiger partial charge in [-0.2, -0.15) is 0 Å². The summed E-state index contributed by atoms with van der Waals surface area (Å²) in [6.45, 7) is 0.316. The fourth-order valence-corrected chi connectivity index (χ4v) is 4.58. The summed E-state index contributed by atoms with van der Waals surface area (Å²) in [5.74, 6) is 0.478. The molecule has 0 radical (unpaired) electrons. The van der Waals surface area contributed by atoms with Crippen LogP contribution in [0.3, 0.4) is 0 Å². The average molecular weight is 481 g/mol. The third-order valence-electron chi connectivity index (χ3n) is 6.49. The van der Waals surface area contributed by atoms with Crippen LogP contribution < -0.4 is 10.1 Å². The molecule has 0 heterocycles. The first-order valence-electron chi connectivity index (χ1n) is 12.2. The molecule has 1 atom stereocenters. The van der Waals surface area contributed by atoms with Crippen LogP contribution in [0.25, 0.3) is 10.8 Å².